The van der Waals surface area contributed by atoms with E-state index in [0.29, 0.717) is 19.6 Å². The molecule has 1 unspecified atom stereocenters. The third-order valence-electron chi connectivity index (χ3n) is 2.74. The van der Waals surface area contributed by atoms with Crippen molar-refractivity contribution in [3.8, 4) is 0 Å². The van der Waals surface area contributed by atoms with Crippen LogP contribution < -0.4 is 5.32 Å². The van der Waals surface area contributed by atoms with E-state index in [0.717, 1.165) is 0 Å². The zero-order valence-electron chi connectivity index (χ0n) is 8.66. The molecule has 14 heavy (non-hydrogen) atoms. The first-order valence-electron chi connectivity index (χ1n) is 4.78. The minimum absolute atomic E-state index is 0.128. The molecule has 1 aliphatic rings. The molecule has 5 nitrogen and oxygen atoms in total. The largest absolute Gasteiger partial charge is 0.481 e. The van der Waals surface area contributed by atoms with E-state index in [1.807, 2.05) is 11.9 Å². The van der Waals surface area contributed by atoms with Crippen LogP contribution in [0.2, 0.25) is 0 Å². The van der Waals surface area contributed by atoms with E-state index in [9.17, 15) is 9.90 Å². The van der Waals surface area contributed by atoms with E-state index in [-0.39, 0.29) is 12.0 Å². The van der Waals surface area contributed by atoms with Crippen molar-refractivity contribution in [1.82, 2.24) is 10.2 Å². The second-order valence-electron chi connectivity index (χ2n) is 4.13. The fraction of sp³-hybridized carbons (Fsp3) is 0.889. The van der Waals surface area contributed by atoms with Crippen LogP contribution in [0.3, 0.4) is 0 Å². The van der Waals surface area contributed by atoms with Gasteiger partial charge in [0.2, 0.25) is 0 Å². The zero-order valence-corrected chi connectivity index (χ0v) is 8.66. The van der Waals surface area contributed by atoms with Gasteiger partial charge in [-0.15, -0.1) is 0 Å². The van der Waals surface area contributed by atoms with Crippen LogP contribution in [0.1, 0.15) is 13.3 Å². The van der Waals surface area contributed by atoms with E-state index >= 15 is 0 Å². The number of carbonyl (C=O) groups is 1. The molecular weight excluding hydrogens is 184 g/mol. The summed E-state index contributed by atoms with van der Waals surface area (Å²) in [4.78, 5) is 12.6. The van der Waals surface area contributed by atoms with Gasteiger partial charge in [-0.1, -0.05) is 0 Å². The maximum atomic E-state index is 10.7. The fourth-order valence-corrected chi connectivity index (χ4v) is 1.81. The molecule has 1 atom stereocenters. The molecule has 0 aliphatic carbocycles. The van der Waals surface area contributed by atoms with E-state index in [4.69, 9.17) is 5.11 Å². The van der Waals surface area contributed by atoms with Gasteiger partial charge in [-0.25, -0.2) is 0 Å². The smallest absolute Gasteiger partial charge is 0.305 e. The average Bonchev–Trinajstić information content (AvgIpc) is 1.94. The molecule has 0 aromatic rings. The van der Waals surface area contributed by atoms with Gasteiger partial charge in [0.15, 0.2) is 0 Å². The van der Waals surface area contributed by atoms with E-state index in [2.05, 4.69) is 5.32 Å². The molecule has 1 saturated heterocycles. The number of nitrogens with one attached hydrogen (secondary N) is 1. The number of likely N-dealkylation sites (N-methyl/N-ethyl adjacent to an activating group) is 1. The number of carboxylic acids is 1. The maximum Gasteiger partial charge on any atom is 0.305 e. The molecule has 0 amide bonds. The van der Waals surface area contributed by atoms with Crippen LogP contribution in [0.5, 0.6) is 0 Å². The Morgan fingerprint density at radius 1 is 1.64 bits per heavy atom. The third-order valence-corrected chi connectivity index (χ3v) is 2.74. The highest BCUT2D eigenvalue weighted by atomic mass is 16.4. The van der Waals surface area contributed by atoms with Gasteiger partial charge in [-0.2, -0.15) is 0 Å². The summed E-state index contributed by atoms with van der Waals surface area (Å²) in [5.74, 6) is -0.788. The molecule has 0 aromatic heterocycles. The van der Waals surface area contributed by atoms with Gasteiger partial charge in [-0.3, -0.25) is 9.69 Å². The minimum atomic E-state index is -0.788. The second kappa shape index (κ2) is 4.25. The topological polar surface area (TPSA) is 72.8 Å². The number of aliphatic hydroxyl groups excluding tert-OH is 1. The number of aliphatic hydroxyl groups is 1. The Hall–Kier alpha value is -0.650. The van der Waals surface area contributed by atoms with Gasteiger partial charge >= 0.3 is 5.97 Å². The highest BCUT2D eigenvalue weighted by molar-refractivity contribution is 5.68. The summed E-state index contributed by atoms with van der Waals surface area (Å²) in [7, 11) is 1.86. The lowest BCUT2D eigenvalue weighted by atomic mass is 9.86. The predicted octanol–water partition coefficient (Wildman–Crippen LogP) is -0.884. The summed E-state index contributed by atoms with van der Waals surface area (Å²) in [5, 5.41) is 21.1. The van der Waals surface area contributed by atoms with Gasteiger partial charge in [0.05, 0.1) is 18.1 Å². The Labute approximate surface area is 83.7 Å². The molecule has 1 rings (SSSR count). The molecule has 3 N–H and O–H groups in total. The predicted molar refractivity (Wildman–Crippen MR) is 52.2 cm³/mol. The molecular formula is C9H18N2O3. The number of nitrogens with zero attached hydrogens (tertiary/aromatic N) is 1. The number of carboxylic acid groups (broad SMARTS) is 1. The lowest BCUT2D eigenvalue weighted by Crippen LogP contribution is -2.69. The molecule has 0 bridgehead atoms. The molecule has 0 aromatic carbocycles. The Morgan fingerprint density at radius 2 is 2.21 bits per heavy atom. The number of aliphatic carboxylic acids is 1. The Balaban J connectivity index is 2.55. The van der Waals surface area contributed by atoms with Crippen LogP contribution in [0, 0.1) is 0 Å². The van der Waals surface area contributed by atoms with Crippen molar-refractivity contribution in [2.45, 2.75) is 25.0 Å². The minimum Gasteiger partial charge on any atom is -0.481 e. The van der Waals surface area contributed by atoms with Crippen molar-refractivity contribution in [2.75, 3.05) is 26.7 Å². The van der Waals surface area contributed by atoms with Crippen LogP contribution in [0.25, 0.3) is 0 Å². The summed E-state index contributed by atoms with van der Waals surface area (Å²) in [5.41, 5.74) is -0.303. The monoisotopic (exact) mass is 202 g/mol. The highest BCUT2D eigenvalue weighted by Gasteiger charge is 2.42. The maximum absolute atomic E-state index is 10.7. The highest BCUT2D eigenvalue weighted by Crippen LogP contribution is 2.23. The van der Waals surface area contributed by atoms with Crippen LogP contribution in [-0.2, 0) is 4.79 Å². The van der Waals surface area contributed by atoms with Crippen LogP contribution in [0.4, 0.5) is 0 Å². The van der Waals surface area contributed by atoms with Gasteiger partial charge < -0.3 is 15.5 Å². The standard InChI is InChI=1S/C9H18N2O3/c1-7(12)4-11(2)9(3-8(13)14)5-10-6-9/h7,10,12H,3-6H2,1-2H3,(H,13,14). The van der Waals surface area contributed by atoms with Crippen molar-refractivity contribution in [3.05, 3.63) is 0 Å². The van der Waals surface area contributed by atoms with Crippen molar-refractivity contribution in [2.24, 2.45) is 0 Å². The molecule has 1 heterocycles. The lowest BCUT2D eigenvalue weighted by molar-refractivity contribution is -0.141. The fourth-order valence-electron chi connectivity index (χ4n) is 1.81. The Bertz CT molecular complexity index is 214. The summed E-state index contributed by atoms with van der Waals surface area (Å²) in [6, 6.07) is 0. The summed E-state index contributed by atoms with van der Waals surface area (Å²) >= 11 is 0. The quantitative estimate of drug-likeness (QED) is 0.540. The van der Waals surface area contributed by atoms with Crippen LogP contribution >= 0.6 is 0 Å². The number of β-amino-alcohol motifs (C(OH)–C–C–N with tert-alkyl or cyclic N) is 1. The Morgan fingerprint density at radius 3 is 2.50 bits per heavy atom. The second-order valence-corrected chi connectivity index (χ2v) is 4.13. The lowest BCUT2D eigenvalue weighted by Gasteiger charge is -2.48. The first-order valence-corrected chi connectivity index (χ1v) is 4.78. The van der Waals surface area contributed by atoms with Crippen molar-refractivity contribution >= 4 is 5.97 Å². The normalized spacial score (nSPS) is 21.7. The molecule has 0 saturated carbocycles. The first kappa shape index (κ1) is 11.4. The van der Waals surface area contributed by atoms with E-state index < -0.39 is 12.1 Å². The SMILES string of the molecule is CC(O)CN(C)C1(CC(=O)O)CNC1. The molecule has 1 aliphatic heterocycles. The number of rotatable bonds is 5. The number of hydrogen-bond donors (Lipinski definition) is 3. The van der Waals surface area contributed by atoms with Gasteiger partial charge in [-0.05, 0) is 14.0 Å². The number of hydrogen-bond acceptors (Lipinski definition) is 4. The molecule has 1 fully saturated rings. The van der Waals surface area contributed by atoms with Gasteiger partial charge in [0.25, 0.3) is 0 Å². The van der Waals surface area contributed by atoms with Crippen LogP contribution in [-0.4, -0.2) is 59.4 Å². The summed E-state index contributed by atoms with van der Waals surface area (Å²) < 4.78 is 0. The zero-order chi connectivity index (χ0) is 10.8. The molecule has 0 spiro atoms. The van der Waals surface area contributed by atoms with Crippen molar-refractivity contribution < 1.29 is 15.0 Å². The summed E-state index contributed by atoms with van der Waals surface area (Å²) in [6.07, 6.45) is -0.297. The summed E-state index contributed by atoms with van der Waals surface area (Å²) in [6.45, 7) is 3.58. The van der Waals surface area contributed by atoms with Gasteiger partial charge in [0.1, 0.15) is 0 Å². The molecule has 82 valence electrons. The van der Waals surface area contributed by atoms with E-state index in [1.54, 1.807) is 6.92 Å². The van der Waals surface area contributed by atoms with Gasteiger partial charge in [0, 0.05) is 19.6 Å². The third kappa shape index (κ3) is 2.43. The molecule has 5 heteroatoms. The Kier molecular flexibility index (Phi) is 3.47. The van der Waals surface area contributed by atoms with E-state index in [1.165, 1.54) is 0 Å². The first-order chi connectivity index (χ1) is 6.46. The van der Waals surface area contributed by atoms with Crippen LogP contribution in [0.15, 0.2) is 0 Å². The molecule has 0 radical (unpaired) electrons. The van der Waals surface area contributed by atoms with Crippen molar-refractivity contribution in [1.29, 1.82) is 0 Å². The average molecular weight is 202 g/mol. The van der Waals surface area contributed by atoms with Crippen molar-refractivity contribution in [3.63, 3.8) is 0 Å².